The molecule has 0 spiro atoms. The van der Waals surface area contributed by atoms with E-state index in [4.69, 9.17) is 0 Å². The maximum absolute atomic E-state index is 4.13. The Morgan fingerprint density at radius 1 is 1.71 bits per heavy atom. The summed E-state index contributed by atoms with van der Waals surface area (Å²) >= 11 is 0. The van der Waals surface area contributed by atoms with E-state index in [-0.39, 0.29) is 0 Å². The Hall–Kier alpha value is -1.09. The topological polar surface area (TPSA) is 29.9 Å². The lowest BCUT2D eigenvalue weighted by atomic mass is 10.1. The van der Waals surface area contributed by atoms with Crippen molar-refractivity contribution in [3.63, 3.8) is 0 Å². The van der Waals surface area contributed by atoms with E-state index in [0.717, 1.165) is 13.0 Å². The molecule has 3 nitrogen and oxygen atoms in total. The van der Waals surface area contributed by atoms with Gasteiger partial charge in [-0.2, -0.15) is 0 Å². The molecule has 3 heteroatoms. The molecule has 0 aliphatic heterocycles. The molecule has 0 fully saturated rings. The molecule has 1 aromatic rings. The third-order valence-electron chi connectivity index (χ3n) is 2.21. The maximum atomic E-state index is 4.13. The van der Waals surface area contributed by atoms with Gasteiger partial charge in [-0.1, -0.05) is 12.5 Å². The molecule has 0 bridgehead atoms. The van der Waals surface area contributed by atoms with Gasteiger partial charge in [0.15, 0.2) is 0 Å². The molecule has 1 N–H and O–H groups in total. The molecule has 14 heavy (non-hydrogen) atoms. The molecule has 0 aliphatic carbocycles. The number of rotatable bonds is 5. The number of nitrogens with zero attached hydrogens (tertiary/aromatic N) is 2. The third-order valence-corrected chi connectivity index (χ3v) is 2.21. The van der Waals surface area contributed by atoms with Gasteiger partial charge in [0.25, 0.3) is 0 Å². The summed E-state index contributed by atoms with van der Waals surface area (Å²) < 4.78 is 2.05. The van der Waals surface area contributed by atoms with Crippen LogP contribution in [0.1, 0.15) is 32.0 Å². The Labute approximate surface area is 85.8 Å². The summed E-state index contributed by atoms with van der Waals surface area (Å²) in [6.07, 6.45) is 4.71. The van der Waals surface area contributed by atoms with Gasteiger partial charge in [-0.15, -0.1) is 6.58 Å². The minimum atomic E-state index is 0.338. The molecule has 78 valence electrons. The van der Waals surface area contributed by atoms with E-state index in [2.05, 4.69) is 35.3 Å². The molecule has 1 aromatic heterocycles. The fraction of sp³-hybridized carbons (Fsp3) is 0.545. The van der Waals surface area contributed by atoms with E-state index >= 15 is 0 Å². The molecule has 0 saturated carbocycles. The second kappa shape index (κ2) is 4.96. The SMILES string of the molecule is C=C(C)CC(NCC)c1cncn1C. The number of aromatic nitrogens is 2. The molecule has 0 aromatic carbocycles. The lowest BCUT2D eigenvalue weighted by molar-refractivity contribution is 0.519. The zero-order valence-electron chi connectivity index (χ0n) is 9.25. The van der Waals surface area contributed by atoms with Crippen molar-refractivity contribution in [3.05, 3.63) is 30.4 Å². The molecular weight excluding hydrogens is 174 g/mol. The first-order valence-corrected chi connectivity index (χ1v) is 4.99. The van der Waals surface area contributed by atoms with Crippen LogP contribution in [0.5, 0.6) is 0 Å². The van der Waals surface area contributed by atoms with Crippen molar-refractivity contribution in [1.29, 1.82) is 0 Å². The molecule has 1 heterocycles. The minimum Gasteiger partial charge on any atom is -0.336 e. The Bertz CT molecular complexity index is 301. The quantitative estimate of drug-likeness (QED) is 0.725. The fourth-order valence-corrected chi connectivity index (χ4v) is 1.58. The Kier molecular flexibility index (Phi) is 3.89. The van der Waals surface area contributed by atoms with Crippen LogP contribution in [-0.2, 0) is 7.05 Å². The standard InChI is InChI=1S/C11H19N3/c1-5-13-10(6-9(2)3)11-7-12-8-14(11)4/h7-8,10,13H,2,5-6H2,1,3-4H3. The first kappa shape index (κ1) is 11.0. The minimum absolute atomic E-state index is 0.338. The van der Waals surface area contributed by atoms with Gasteiger partial charge in [-0.3, -0.25) is 0 Å². The summed E-state index contributed by atoms with van der Waals surface area (Å²) in [4.78, 5) is 4.13. The van der Waals surface area contributed by atoms with Crippen LogP contribution in [0.3, 0.4) is 0 Å². The number of imidazole rings is 1. The highest BCUT2D eigenvalue weighted by atomic mass is 15.1. The first-order valence-electron chi connectivity index (χ1n) is 4.99. The van der Waals surface area contributed by atoms with E-state index < -0.39 is 0 Å². The summed E-state index contributed by atoms with van der Waals surface area (Å²) in [6.45, 7) is 9.08. The second-order valence-electron chi connectivity index (χ2n) is 3.70. The van der Waals surface area contributed by atoms with E-state index in [1.807, 2.05) is 19.6 Å². The molecule has 1 unspecified atom stereocenters. The molecule has 1 rings (SSSR count). The van der Waals surface area contributed by atoms with Crippen molar-refractivity contribution in [2.45, 2.75) is 26.3 Å². The van der Waals surface area contributed by atoms with E-state index in [9.17, 15) is 0 Å². The van der Waals surface area contributed by atoms with Crippen LogP contribution in [0.25, 0.3) is 0 Å². The third kappa shape index (κ3) is 2.70. The number of hydrogen-bond donors (Lipinski definition) is 1. The monoisotopic (exact) mass is 193 g/mol. The van der Waals surface area contributed by atoms with Gasteiger partial charge < -0.3 is 9.88 Å². The van der Waals surface area contributed by atoms with E-state index in [0.29, 0.717) is 6.04 Å². The van der Waals surface area contributed by atoms with Gasteiger partial charge in [-0.05, 0) is 19.9 Å². The second-order valence-corrected chi connectivity index (χ2v) is 3.70. The molecule has 0 radical (unpaired) electrons. The van der Waals surface area contributed by atoms with Crippen LogP contribution in [0.15, 0.2) is 24.7 Å². The summed E-state index contributed by atoms with van der Waals surface area (Å²) in [5, 5.41) is 3.44. The first-order chi connectivity index (χ1) is 6.65. The van der Waals surface area contributed by atoms with Crippen molar-refractivity contribution in [2.75, 3.05) is 6.54 Å². The summed E-state index contributed by atoms with van der Waals surface area (Å²) in [5.74, 6) is 0. The van der Waals surface area contributed by atoms with Crippen LogP contribution in [0, 0.1) is 0 Å². The van der Waals surface area contributed by atoms with Gasteiger partial charge in [0.1, 0.15) is 0 Å². The van der Waals surface area contributed by atoms with E-state index in [1.54, 1.807) is 0 Å². The lowest BCUT2D eigenvalue weighted by Crippen LogP contribution is -2.23. The number of aryl methyl sites for hydroxylation is 1. The van der Waals surface area contributed by atoms with Crippen molar-refractivity contribution in [1.82, 2.24) is 14.9 Å². The smallest absolute Gasteiger partial charge is 0.0946 e. The van der Waals surface area contributed by atoms with Gasteiger partial charge in [0.2, 0.25) is 0 Å². The molecule has 0 saturated heterocycles. The van der Waals surface area contributed by atoms with E-state index in [1.165, 1.54) is 11.3 Å². The summed E-state index contributed by atoms with van der Waals surface area (Å²) in [6, 6.07) is 0.338. The predicted octanol–water partition coefficient (Wildman–Crippen LogP) is 2.04. The highest BCUT2D eigenvalue weighted by molar-refractivity contribution is 5.09. The van der Waals surface area contributed by atoms with Crippen LogP contribution in [-0.4, -0.2) is 16.1 Å². The normalized spacial score (nSPS) is 12.8. The van der Waals surface area contributed by atoms with Crippen molar-refractivity contribution in [3.8, 4) is 0 Å². The van der Waals surface area contributed by atoms with Crippen LogP contribution in [0.2, 0.25) is 0 Å². The average Bonchev–Trinajstić information content (AvgIpc) is 2.50. The van der Waals surface area contributed by atoms with Gasteiger partial charge in [0.05, 0.1) is 18.1 Å². The van der Waals surface area contributed by atoms with Gasteiger partial charge in [0, 0.05) is 13.2 Å². The maximum Gasteiger partial charge on any atom is 0.0946 e. The van der Waals surface area contributed by atoms with Crippen LogP contribution >= 0.6 is 0 Å². The van der Waals surface area contributed by atoms with Gasteiger partial charge in [-0.25, -0.2) is 4.98 Å². The Morgan fingerprint density at radius 3 is 2.86 bits per heavy atom. The predicted molar refractivity (Wildman–Crippen MR) is 59.1 cm³/mol. The van der Waals surface area contributed by atoms with Crippen molar-refractivity contribution in [2.24, 2.45) is 7.05 Å². The zero-order chi connectivity index (χ0) is 10.6. The Morgan fingerprint density at radius 2 is 2.43 bits per heavy atom. The largest absolute Gasteiger partial charge is 0.336 e. The molecular formula is C11H19N3. The Balaban J connectivity index is 2.77. The van der Waals surface area contributed by atoms with Crippen molar-refractivity contribution >= 4 is 0 Å². The summed E-state index contributed by atoms with van der Waals surface area (Å²) in [5.41, 5.74) is 2.41. The van der Waals surface area contributed by atoms with Crippen LogP contribution < -0.4 is 5.32 Å². The molecule has 0 amide bonds. The van der Waals surface area contributed by atoms with Gasteiger partial charge >= 0.3 is 0 Å². The fourth-order valence-electron chi connectivity index (χ4n) is 1.58. The zero-order valence-corrected chi connectivity index (χ0v) is 9.25. The number of hydrogen-bond acceptors (Lipinski definition) is 2. The summed E-state index contributed by atoms with van der Waals surface area (Å²) in [7, 11) is 2.02. The molecule has 0 aliphatic rings. The average molecular weight is 193 g/mol. The van der Waals surface area contributed by atoms with Crippen molar-refractivity contribution < 1.29 is 0 Å². The molecule has 1 atom stereocenters. The number of nitrogens with one attached hydrogen (secondary N) is 1. The lowest BCUT2D eigenvalue weighted by Gasteiger charge is -2.18. The highest BCUT2D eigenvalue weighted by Gasteiger charge is 2.13. The highest BCUT2D eigenvalue weighted by Crippen LogP contribution is 2.18. The van der Waals surface area contributed by atoms with Crippen LogP contribution in [0.4, 0.5) is 0 Å².